The van der Waals surface area contributed by atoms with Crippen molar-refractivity contribution < 1.29 is 9.59 Å². The van der Waals surface area contributed by atoms with Crippen molar-refractivity contribution in [3.63, 3.8) is 0 Å². The summed E-state index contributed by atoms with van der Waals surface area (Å²) in [5, 5.41) is 14.4. The SMILES string of the molecule is CCCCC(=O)Nc1ccc(C(=O)Nc2nnc(C)s2)cc1. The number of benzene rings is 1. The summed E-state index contributed by atoms with van der Waals surface area (Å²) in [7, 11) is 0. The second-order valence-corrected chi connectivity index (χ2v) is 5.99. The van der Waals surface area contributed by atoms with Crippen molar-refractivity contribution in [1.82, 2.24) is 10.2 Å². The Kier molecular flexibility index (Phi) is 5.60. The highest BCUT2D eigenvalue weighted by molar-refractivity contribution is 7.15. The molecule has 0 aliphatic heterocycles. The van der Waals surface area contributed by atoms with Gasteiger partial charge in [-0.05, 0) is 37.6 Å². The highest BCUT2D eigenvalue weighted by Gasteiger charge is 2.09. The molecule has 6 nitrogen and oxygen atoms in total. The molecule has 1 aromatic carbocycles. The van der Waals surface area contributed by atoms with Crippen LogP contribution in [0, 0.1) is 6.92 Å². The summed E-state index contributed by atoms with van der Waals surface area (Å²) in [5.74, 6) is -0.261. The lowest BCUT2D eigenvalue weighted by Crippen LogP contribution is -2.13. The van der Waals surface area contributed by atoms with Crippen LogP contribution in [-0.4, -0.2) is 22.0 Å². The zero-order valence-electron chi connectivity index (χ0n) is 12.5. The summed E-state index contributed by atoms with van der Waals surface area (Å²) in [6.07, 6.45) is 2.36. The third-order valence-electron chi connectivity index (χ3n) is 2.93. The summed E-state index contributed by atoms with van der Waals surface area (Å²) in [6, 6.07) is 6.76. The number of nitrogens with zero attached hydrogens (tertiary/aromatic N) is 2. The van der Waals surface area contributed by atoms with Gasteiger partial charge in [-0.1, -0.05) is 24.7 Å². The molecule has 1 heterocycles. The minimum atomic E-state index is -0.250. The predicted octanol–water partition coefficient (Wildman–Crippen LogP) is 3.23. The van der Waals surface area contributed by atoms with Gasteiger partial charge in [0.1, 0.15) is 5.01 Å². The molecule has 2 amide bonds. The Bertz CT molecular complexity index is 652. The van der Waals surface area contributed by atoms with E-state index in [2.05, 4.69) is 20.8 Å². The molecule has 0 bridgehead atoms. The second kappa shape index (κ2) is 7.65. The summed E-state index contributed by atoms with van der Waals surface area (Å²) >= 11 is 1.32. The van der Waals surface area contributed by atoms with Gasteiger partial charge in [0, 0.05) is 17.7 Å². The van der Waals surface area contributed by atoms with E-state index in [-0.39, 0.29) is 11.8 Å². The van der Waals surface area contributed by atoms with E-state index in [9.17, 15) is 9.59 Å². The topological polar surface area (TPSA) is 84.0 Å². The lowest BCUT2D eigenvalue weighted by Gasteiger charge is -2.06. The molecule has 2 aromatic rings. The number of hydrogen-bond donors (Lipinski definition) is 2. The number of carbonyl (C=O) groups is 2. The normalized spacial score (nSPS) is 10.3. The molecule has 0 fully saturated rings. The van der Waals surface area contributed by atoms with Gasteiger partial charge in [-0.2, -0.15) is 0 Å². The third kappa shape index (κ3) is 4.63. The monoisotopic (exact) mass is 318 g/mol. The smallest absolute Gasteiger partial charge is 0.257 e. The largest absolute Gasteiger partial charge is 0.326 e. The quantitative estimate of drug-likeness (QED) is 0.856. The fraction of sp³-hybridized carbons (Fsp3) is 0.333. The molecule has 0 saturated heterocycles. The Morgan fingerprint density at radius 3 is 2.45 bits per heavy atom. The van der Waals surface area contributed by atoms with Crippen LogP contribution in [-0.2, 0) is 4.79 Å². The second-order valence-electron chi connectivity index (χ2n) is 4.81. The van der Waals surface area contributed by atoms with E-state index in [1.165, 1.54) is 11.3 Å². The number of rotatable bonds is 6. The van der Waals surface area contributed by atoms with Crippen LogP contribution >= 0.6 is 11.3 Å². The van der Waals surface area contributed by atoms with Gasteiger partial charge in [-0.25, -0.2) is 0 Å². The predicted molar refractivity (Wildman–Crippen MR) is 87.2 cm³/mol. The van der Waals surface area contributed by atoms with Crippen molar-refractivity contribution in [2.75, 3.05) is 10.6 Å². The average molecular weight is 318 g/mol. The van der Waals surface area contributed by atoms with Crippen LogP contribution in [0.2, 0.25) is 0 Å². The molecule has 1 aromatic heterocycles. The minimum Gasteiger partial charge on any atom is -0.326 e. The highest BCUT2D eigenvalue weighted by Crippen LogP contribution is 2.16. The maximum Gasteiger partial charge on any atom is 0.257 e. The Labute approximate surface area is 133 Å². The fourth-order valence-corrected chi connectivity index (χ4v) is 2.37. The molecule has 2 N–H and O–H groups in total. The van der Waals surface area contributed by atoms with Gasteiger partial charge in [-0.3, -0.25) is 14.9 Å². The molecular weight excluding hydrogens is 300 g/mol. The Balaban J connectivity index is 1.93. The van der Waals surface area contributed by atoms with Crippen molar-refractivity contribution in [3.8, 4) is 0 Å². The fourth-order valence-electron chi connectivity index (χ4n) is 1.78. The van der Waals surface area contributed by atoms with Crippen LogP contribution in [0.5, 0.6) is 0 Å². The number of nitrogens with one attached hydrogen (secondary N) is 2. The summed E-state index contributed by atoms with van der Waals surface area (Å²) in [6.45, 7) is 3.86. The Morgan fingerprint density at radius 2 is 1.86 bits per heavy atom. The molecule has 2 rings (SSSR count). The van der Waals surface area contributed by atoms with Crippen LogP contribution in [0.4, 0.5) is 10.8 Å². The molecule has 0 saturated carbocycles. The third-order valence-corrected chi connectivity index (χ3v) is 3.69. The Morgan fingerprint density at radius 1 is 1.14 bits per heavy atom. The molecule has 0 spiro atoms. The van der Waals surface area contributed by atoms with Crippen molar-refractivity contribution >= 4 is 34.0 Å². The molecule has 22 heavy (non-hydrogen) atoms. The average Bonchev–Trinajstić information content (AvgIpc) is 2.91. The van der Waals surface area contributed by atoms with E-state index in [1.807, 2.05) is 13.8 Å². The summed E-state index contributed by atoms with van der Waals surface area (Å²) < 4.78 is 0. The minimum absolute atomic E-state index is 0.0108. The molecular formula is C15H18N4O2S. The van der Waals surface area contributed by atoms with E-state index in [0.717, 1.165) is 17.8 Å². The number of amides is 2. The van der Waals surface area contributed by atoms with Crippen LogP contribution in [0.1, 0.15) is 41.6 Å². The number of unbranched alkanes of at least 4 members (excludes halogenated alkanes) is 1. The first-order valence-corrected chi connectivity index (χ1v) is 7.91. The van der Waals surface area contributed by atoms with Gasteiger partial charge in [0.15, 0.2) is 0 Å². The maximum atomic E-state index is 12.0. The zero-order chi connectivity index (χ0) is 15.9. The number of hydrogen-bond acceptors (Lipinski definition) is 5. The van der Waals surface area contributed by atoms with Gasteiger partial charge in [0.2, 0.25) is 11.0 Å². The van der Waals surface area contributed by atoms with Gasteiger partial charge < -0.3 is 5.32 Å². The van der Waals surface area contributed by atoms with Crippen molar-refractivity contribution in [2.24, 2.45) is 0 Å². The number of anilines is 2. The van der Waals surface area contributed by atoms with E-state index in [1.54, 1.807) is 24.3 Å². The Hall–Kier alpha value is -2.28. The number of aryl methyl sites for hydroxylation is 1. The van der Waals surface area contributed by atoms with E-state index < -0.39 is 0 Å². The van der Waals surface area contributed by atoms with Crippen molar-refractivity contribution in [2.45, 2.75) is 33.1 Å². The van der Waals surface area contributed by atoms with Crippen LogP contribution < -0.4 is 10.6 Å². The summed E-state index contributed by atoms with van der Waals surface area (Å²) in [4.78, 5) is 23.7. The van der Waals surface area contributed by atoms with Gasteiger partial charge in [-0.15, -0.1) is 10.2 Å². The molecule has 0 aliphatic carbocycles. The van der Waals surface area contributed by atoms with Crippen LogP contribution in [0.15, 0.2) is 24.3 Å². The maximum absolute atomic E-state index is 12.0. The lowest BCUT2D eigenvalue weighted by molar-refractivity contribution is -0.116. The van der Waals surface area contributed by atoms with Crippen LogP contribution in [0.25, 0.3) is 0 Å². The molecule has 7 heteroatoms. The zero-order valence-corrected chi connectivity index (χ0v) is 13.4. The van der Waals surface area contributed by atoms with Gasteiger partial charge in [0.05, 0.1) is 0 Å². The van der Waals surface area contributed by atoms with Gasteiger partial charge in [0.25, 0.3) is 5.91 Å². The van der Waals surface area contributed by atoms with Crippen molar-refractivity contribution in [1.29, 1.82) is 0 Å². The first kappa shape index (κ1) is 16.1. The summed E-state index contributed by atoms with van der Waals surface area (Å²) in [5.41, 5.74) is 1.18. The van der Waals surface area contributed by atoms with Crippen LogP contribution in [0.3, 0.4) is 0 Å². The molecule has 0 unspecified atom stereocenters. The first-order valence-electron chi connectivity index (χ1n) is 7.10. The number of carbonyl (C=O) groups excluding carboxylic acids is 2. The molecule has 0 atom stereocenters. The van der Waals surface area contributed by atoms with E-state index >= 15 is 0 Å². The van der Waals surface area contributed by atoms with Gasteiger partial charge >= 0.3 is 0 Å². The lowest BCUT2D eigenvalue weighted by atomic mass is 10.2. The van der Waals surface area contributed by atoms with E-state index in [4.69, 9.17) is 0 Å². The van der Waals surface area contributed by atoms with E-state index in [0.29, 0.717) is 22.8 Å². The molecule has 0 radical (unpaired) electrons. The molecule has 0 aliphatic rings. The van der Waals surface area contributed by atoms with Crippen molar-refractivity contribution in [3.05, 3.63) is 34.8 Å². The highest BCUT2D eigenvalue weighted by atomic mass is 32.1. The number of aromatic nitrogens is 2. The molecule has 116 valence electrons. The standard InChI is InChI=1S/C15H18N4O2S/c1-3-4-5-13(20)16-12-8-6-11(7-9-12)14(21)17-15-19-18-10(2)22-15/h6-9H,3-5H2,1-2H3,(H,16,20)(H,17,19,21). The first-order chi connectivity index (χ1) is 10.6.